The van der Waals surface area contributed by atoms with E-state index in [1.807, 2.05) is 0 Å². The summed E-state index contributed by atoms with van der Waals surface area (Å²) >= 11 is 7.92. The van der Waals surface area contributed by atoms with Crippen LogP contribution in [0.4, 0.5) is 0 Å². The number of phosphoric acid groups is 1. The van der Waals surface area contributed by atoms with E-state index in [4.69, 9.17) is 9.79 Å². The highest BCUT2D eigenvalue weighted by Crippen LogP contribution is 2.35. The van der Waals surface area contributed by atoms with Crippen molar-refractivity contribution in [3.8, 4) is 0 Å². The zero-order valence-corrected chi connectivity index (χ0v) is 8.43. The summed E-state index contributed by atoms with van der Waals surface area (Å²) in [6.07, 6.45) is 1.20. The van der Waals surface area contributed by atoms with Gasteiger partial charge in [0.2, 0.25) is 0 Å². The molecule has 2 N–H and O–H groups in total. The zero-order valence-electron chi connectivity index (χ0n) is 5.75. The second-order valence-electron chi connectivity index (χ2n) is 1.95. The standard InChI is InChI=1S/C4H11O4PS2/c5-9(6,7)8-3-1-2-4(10)11/h4,10-11H,1-3H2,(H2,5,6,7). The number of phosphoric ester groups is 1. The Labute approximate surface area is 76.4 Å². The summed E-state index contributed by atoms with van der Waals surface area (Å²) in [5.41, 5.74) is 0. The minimum Gasteiger partial charge on any atom is -0.303 e. The average molecular weight is 218 g/mol. The predicted molar refractivity (Wildman–Crippen MR) is 49.0 cm³/mol. The molecule has 0 aromatic rings. The monoisotopic (exact) mass is 218 g/mol. The van der Waals surface area contributed by atoms with Gasteiger partial charge in [0, 0.05) is 4.58 Å². The summed E-state index contributed by atoms with van der Waals surface area (Å²) in [5.74, 6) is 0. The third-order valence-electron chi connectivity index (χ3n) is 0.866. The molecule has 0 bridgehead atoms. The molecule has 0 radical (unpaired) electrons. The van der Waals surface area contributed by atoms with E-state index in [9.17, 15) is 4.57 Å². The molecule has 11 heavy (non-hydrogen) atoms. The quantitative estimate of drug-likeness (QED) is 0.241. The van der Waals surface area contributed by atoms with E-state index in [2.05, 4.69) is 29.8 Å². The Balaban J connectivity index is 3.22. The summed E-state index contributed by atoms with van der Waals surface area (Å²) in [7, 11) is -4.28. The van der Waals surface area contributed by atoms with Crippen LogP contribution < -0.4 is 0 Å². The van der Waals surface area contributed by atoms with Crippen LogP contribution >= 0.6 is 33.1 Å². The molecular formula is C4H11O4PS2. The molecule has 0 unspecified atom stereocenters. The first-order valence-corrected chi connectivity index (χ1v) is 5.54. The van der Waals surface area contributed by atoms with Gasteiger partial charge in [-0.15, -0.1) is 0 Å². The lowest BCUT2D eigenvalue weighted by atomic mass is 10.4. The minimum atomic E-state index is -4.28. The van der Waals surface area contributed by atoms with E-state index < -0.39 is 7.82 Å². The Morgan fingerprint density at radius 1 is 1.45 bits per heavy atom. The van der Waals surface area contributed by atoms with E-state index in [-0.39, 0.29) is 11.2 Å². The van der Waals surface area contributed by atoms with Crippen molar-refractivity contribution < 1.29 is 18.9 Å². The smallest absolute Gasteiger partial charge is 0.303 e. The fraction of sp³-hybridized carbons (Fsp3) is 1.00. The van der Waals surface area contributed by atoms with E-state index in [0.29, 0.717) is 12.8 Å². The highest BCUT2D eigenvalue weighted by atomic mass is 32.2. The lowest BCUT2D eigenvalue weighted by Crippen LogP contribution is -1.95. The fourth-order valence-electron chi connectivity index (χ4n) is 0.449. The van der Waals surface area contributed by atoms with Crippen molar-refractivity contribution in [2.45, 2.75) is 17.4 Å². The van der Waals surface area contributed by atoms with Crippen molar-refractivity contribution >= 4 is 33.1 Å². The maximum absolute atomic E-state index is 10.1. The largest absolute Gasteiger partial charge is 0.469 e. The third kappa shape index (κ3) is 10.8. The van der Waals surface area contributed by atoms with Crippen LogP contribution in [0.25, 0.3) is 0 Å². The Kier molecular flexibility index (Phi) is 5.86. The SMILES string of the molecule is O=P(O)(O)OCCCC(S)S. The number of hydrogen-bond donors (Lipinski definition) is 4. The van der Waals surface area contributed by atoms with Gasteiger partial charge in [-0.2, -0.15) is 25.3 Å². The van der Waals surface area contributed by atoms with Gasteiger partial charge in [-0.05, 0) is 12.8 Å². The Hall–Kier alpha value is 0.810. The van der Waals surface area contributed by atoms with Crippen LogP contribution in [0.15, 0.2) is 0 Å². The molecule has 0 aliphatic rings. The first kappa shape index (κ1) is 11.8. The van der Waals surface area contributed by atoms with Crippen LogP contribution in [-0.2, 0) is 9.09 Å². The van der Waals surface area contributed by atoms with Gasteiger partial charge in [-0.25, -0.2) is 4.57 Å². The molecule has 0 saturated carbocycles. The second kappa shape index (κ2) is 5.45. The predicted octanol–water partition coefficient (Wildman–Crippen LogP) is 1.06. The lowest BCUT2D eigenvalue weighted by molar-refractivity contribution is 0.194. The van der Waals surface area contributed by atoms with Crippen molar-refractivity contribution in [1.29, 1.82) is 0 Å². The highest BCUT2D eigenvalue weighted by Gasteiger charge is 2.12. The van der Waals surface area contributed by atoms with Crippen molar-refractivity contribution in [2.75, 3.05) is 6.61 Å². The van der Waals surface area contributed by atoms with Crippen molar-refractivity contribution in [3.63, 3.8) is 0 Å². The first-order chi connectivity index (χ1) is 4.92. The number of thiol groups is 2. The van der Waals surface area contributed by atoms with Gasteiger partial charge in [-0.3, -0.25) is 4.52 Å². The molecule has 4 nitrogen and oxygen atoms in total. The van der Waals surface area contributed by atoms with Gasteiger partial charge in [0.1, 0.15) is 0 Å². The maximum Gasteiger partial charge on any atom is 0.469 e. The molecule has 0 fully saturated rings. The van der Waals surface area contributed by atoms with Crippen LogP contribution in [0.3, 0.4) is 0 Å². The van der Waals surface area contributed by atoms with Crippen LogP contribution in [0.5, 0.6) is 0 Å². The lowest BCUT2D eigenvalue weighted by Gasteiger charge is -2.05. The normalized spacial score (nSPS) is 12.5. The first-order valence-electron chi connectivity index (χ1n) is 2.98. The Morgan fingerprint density at radius 3 is 2.36 bits per heavy atom. The molecule has 0 aromatic carbocycles. The zero-order chi connectivity index (χ0) is 8.91. The van der Waals surface area contributed by atoms with E-state index in [0.717, 1.165) is 0 Å². The van der Waals surface area contributed by atoms with E-state index in [1.165, 1.54) is 0 Å². The van der Waals surface area contributed by atoms with E-state index in [1.54, 1.807) is 0 Å². The van der Waals surface area contributed by atoms with Crippen LogP contribution in [-0.4, -0.2) is 21.0 Å². The third-order valence-corrected chi connectivity index (χ3v) is 1.90. The molecular weight excluding hydrogens is 207 g/mol. The minimum absolute atomic E-state index is 0.0435. The van der Waals surface area contributed by atoms with Gasteiger partial charge >= 0.3 is 7.82 Å². The molecule has 0 aliphatic carbocycles. The summed E-state index contributed by atoms with van der Waals surface area (Å²) in [4.78, 5) is 16.5. The van der Waals surface area contributed by atoms with Crippen molar-refractivity contribution in [1.82, 2.24) is 0 Å². The Bertz CT molecular complexity index is 145. The van der Waals surface area contributed by atoms with E-state index >= 15 is 0 Å². The topological polar surface area (TPSA) is 66.8 Å². The van der Waals surface area contributed by atoms with Crippen LogP contribution in [0, 0.1) is 0 Å². The number of hydrogen-bond acceptors (Lipinski definition) is 4. The molecule has 0 heterocycles. The highest BCUT2D eigenvalue weighted by molar-refractivity contribution is 7.99. The molecule has 0 spiro atoms. The van der Waals surface area contributed by atoms with Crippen molar-refractivity contribution in [3.05, 3.63) is 0 Å². The molecule has 0 rings (SSSR count). The summed E-state index contributed by atoms with van der Waals surface area (Å²) < 4.78 is 14.2. The van der Waals surface area contributed by atoms with Gasteiger partial charge in [0.15, 0.2) is 0 Å². The maximum atomic E-state index is 10.1. The van der Waals surface area contributed by atoms with Gasteiger partial charge in [-0.1, -0.05) is 0 Å². The van der Waals surface area contributed by atoms with Gasteiger partial charge in [0.25, 0.3) is 0 Å². The molecule has 0 amide bonds. The molecule has 7 heteroatoms. The van der Waals surface area contributed by atoms with Gasteiger partial charge in [0.05, 0.1) is 6.61 Å². The second-order valence-corrected chi connectivity index (χ2v) is 4.84. The summed E-state index contributed by atoms with van der Waals surface area (Å²) in [5, 5.41) is 0. The van der Waals surface area contributed by atoms with Crippen LogP contribution in [0.2, 0.25) is 0 Å². The van der Waals surface area contributed by atoms with Crippen molar-refractivity contribution in [2.24, 2.45) is 0 Å². The molecule has 0 saturated heterocycles. The molecule has 68 valence electrons. The molecule has 0 aliphatic heterocycles. The number of rotatable bonds is 5. The summed E-state index contributed by atoms with van der Waals surface area (Å²) in [6, 6.07) is 0. The average Bonchev–Trinajstić information content (AvgIpc) is 1.78. The molecule has 0 atom stereocenters. The molecule has 0 aromatic heterocycles. The Morgan fingerprint density at radius 2 is 2.00 bits per heavy atom. The van der Waals surface area contributed by atoms with Gasteiger partial charge < -0.3 is 9.79 Å². The summed E-state index contributed by atoms with van der Waals surface area (Å²) in [6.45, 7) is 0.0435. The fourth-order valence-corrected chi connectivity index (χ4v) is 1.18. The van der Waals surface area contributed by atoms with Crippen LogP contribution in [0.1, 0.15) is 12.8 Å².